The van der Waals surface area contributed by atoms with Gasteiger partial charge in [0.1, 0.15) is 11.5 Å². The molecular formula is C40H38Cl2F12N2O2Ti. The van der Waals surface area contributed by atoms with Crippen LogP contribution in [0.1, 0.15) is 86.1 Å². The van der Waals surface area contributed by atoms with E-state index in [1.807, 2.05) is 0 Å². The van der Waals surface area contributed by atoms with Gasteiger partial charge in [0, 0.05) is 48.8 Å². The number of hydrogen-bond acceptors (Lipinski definition) is 4. The van der Waals surface area contributed by atoms with Crippen molar-refractivity contribution in [3.63, 3.8) is 0 Å². The Bertz CT molecular complexity index is 1930. The first-order valence-corrected chi connectivity index (χ1v) is 21.2. The Hall–Kier alpha value is -3.73. The molecule has 4 aromatic rings. The van der Waals surface area contributed by atoms with Crippen LogP contribution in [0.2, 0.25) is 0 Å². The molecule has 0 saturated carbocycles. The molecule has 4 rings (SSSR count). The van der Waals surface area contributed by atoms with E-state index in [4.69, 9.17) is 18.6 Å². The van der Waals surface area contributed by atoms with Gasteiger partial charge in [0.15, 0.2) is 0 Å². The molecule has 0 aliphatic rings. The topological polar surface area (TPSA) is 65.2 Å². The third-order valence-corrected chi connectivity index (χ3v) is 8.27. The van der Waals surface area contributed by atoms with E-state index in [1.54, 1.807) is 41.5 Å². The minimum absolute atomic E-state index is 0.0863. The molecule has 4 nitrogen and oxygen atoms in total. The molecule has 0 amide bonds. The van der Waals surface area contributed by atoms with Crippen molar-refractivity contribution in [2.24, 2.45) is 9.98 Å². The number of halogens is 14. The van der Waals surface area contributed by atoms with Crippen LogP contribution in [0.3, 0.4) is 0 Å². The van der Waals surface area contributed by atoms with Gasteiger partial charge in [0.05, 0.1) is 22.3 Å². The Morgan fingerprint density at radius 1 is 0.441 bits per heavy atom. The summed E-state index contributed by atoms with van der Waals surface area (Å²) >= 11 is -0.556. The zero-order valence-electron chi connectivity index (χ0n) is 32.5. The molecule has 59 heavy (non-hydrogen) atoms. The molecule has 0 radical (unpaired) electrons. The monoisotopic (exact) mass is 924 g/mol. The van der Waals surface area contributed by atoms with E-state index < -0.39 is 74.8 Å². The first-order chi connectivity index (χ1) is 26.7. The number of phenols is 2. The van der Waals surface area contributed by atoms with Crippen LogP contribution in [0.25, 0.3) is 22.3 Å². The van der Waals surface area contributed by atoms with E-state index in [9.17, 15) is 62.9 Å². The second-order valence-corrected chi connectivity index (χ2v) is 17.4. The zero-order chi connectivity index (χ0) is 45.7. The summed E-state index contributed by atoms with van der Waals surface area (Å²) in [6.45, 7) is 10.6. The fraction of sp³-hybridized carbons (Fsp3) is 0.350. The van der Waals surface area contributed by atoms with E-state index in [1.165, 1.54) is 50.8 Å². The number of aromatic hydroxyl groups is 2. The summed E-state index contributed by atoms with van der Waals surface area (Å²) in [6, 6.07) is 8.27. The molecule has 0 spiro atoms. The van der Waals surface area contributed by atoms with E-state index in [2.05, 4.69) is 9.98 Å². The summed E-state index contributed by atoms with van der Waals surface area (Å²) in [5.41, 5.74) is -5.89. The fourth-order valence-electron chi connectivity index (χ4n) is 5.51. The summed E-state index contributed by atoms with van der Waals surface area (Å²) in [6.07, 6.45) is -17.2. The van der Waals surface area contributed by atoms with Crippen molar-refractivity contribution < 1.29 is 79.9 Å². The molecule has 0 atom stereocenters. The SMILES string of the molecule is CN=Cc1cc(-c2cc(C(F)(F)F)cc(C(F)(F)F)c2)cc(C(C)(C)C)c1O.CN=Cc1cc(-c2cc(C(F)(F)F)cc(C(F)(F)F)c2)cc(C(C)(C)C)c1O.[Cl][Ti][Cl]. The van der Waals surface area contributed by atoms with Crippen LogP contribution in [0, 0.1) is 0 Å². The van der Waals surface area contributed by atoms with Crippen LogP contribution in [0.5, 0.6) is 11.5 Å². The molecule has 0 aliphatic carbocycles. The normalized spacial score (nSPS) is 12.9. The van der Waals surface area contributed by atoms with Gasteiger partial charge in [-0.15, -0.1) is 0 Å². The number of alkyl halides is 12. The first-order valence-electron chi connectivity index (χ1n) is 16.9. The van der Waals surface area contributed by atoms with Crippen molar-refractivity contribution in [2.45, 2.75) is 77.1 Å². The summed E-state index contributed by atoms with van der Waals surface area (Å²) in [7, 11) is 12.7. The van der Waals surface area contributed by atoms with Crippen LogP contribution in [-0.2, 0) is 52.6 Å². The van der Waals surface area contributed by atoms with Crippen molar-refractivity contribution in [2.75, 3.05) is 14.1 Å². The number of phenolic OH excluding ortho intramolecular Hbond substituents is 2. The maximum absolute atomic E-state index is 13.2. The van der Waals surface area contributed by atoms with Crippen molar-refractivity contribution in [3.8, 4) is 33.8 Å². The average Bonchev–Trinajstić information content (AvgIpc) is 3.08. The van der Waals surface area contributed by atoms with Gasteiger partial charge in [0.25, 0.3) is 0 Å². The predicted octanol–water partition coefficient (Wildman–Crippen LogP) is 14.3. The van der Waals surface area contributed by atoms with Gasteiger partial charge >= 0.3 is 60.3 Å². The Morgan fingerprint density at radius 3 is 0.847 bits per heavy atom. The Balaban J connectivity index is 0.000000381. The average molecular weight is 926 g/mol. The van der Waals surface area contributed by atoms with Crippen molar-refractivity contribution in [1.29, 1.82) is 0 Å². The van der Waals surface area contributed by atoms with Crippen LogP contribution in [0.15, 0.2) is 70.6 Å². The summed E-state index contributed by atoms with van der Waals surface area (Å²) in [5, 5.41) is 20.9. The van der Waals surface area contributed by atoms with Crippen molar-refractivity contribution in [3.05, 3.63) is 105 Å². The molecule has 0 aliphatic heterocycles. The Kier molecular flexibility index (Phi) is 16.8. The fourth-order valence-corrected chi connectivity index (χ4v) is 5.51. The molecule has 2 N–H and O–H groups in total. The molecule has 4 aromatic carbocycles. The van der Waals surface area contributed by atoms with Crippen molar-refractivity contribution >= 4 is 31.0 Å². The van der Waals surface area contributed by atoms with Crippen molar-refractivity contribution in [1.82, 2.24) is 0 Å². The molecule has 0 unspecified atom stereocenters. The summed E-state index contributed by atoms with van der Waals surface area (Å²) in [4.78, 5) is 7.59. The van der Waals surface area contributed by atoms with Gasteiger partial charge in [-0.05, 0) is 93.7 Å². The second-order valence-electron chi connectivity index (χ2n) is 14.9. The van der Waals surface area contributed by atoms with Crippen LogP contribution < -0.4 is 0 Å². The summed E-state index contributed by atoms with van der Waals surface area (Å²) < 4.78 is 158. The number of benzene rings is 4. The molecular weight excluding hydrogens is 887 g/mol. The molecule has 0 aromatic heterocycles. The zero-order valence-corrected chi connectivity index (χ0v) is 35.6. The molecule has 19 heteroatoms. The number of rotatable bonds is 4. The maximum atomic E-state index is 13.2. The van der Waals surface area contributed by atoms with E-state index in [0.717, 1.165) is 0 Å². The van der Waals surface area contributed by atoms with Crippen LogP contribution >= 0.6 is 18.6 Å². The number of hydrogen-bond donors (Lipinski definition) is 2. The molecule has 0 heterocycles. The van der Waals surface area contributed by atoms with Gasteiger partial charge in [-0.2, -0.15) is 52.7 Å². The molecule has 0 saturated heterocycles. The Morgan fingerprint density at radius 2 is 0.661 bits per heavy atom. The van der Waals surface area contributed by atoms with Gasteiger partial charge in [0.2, 0.25) is 0 Å². The van der Waals surface area contributed by atoms with Crippen LogP contribution in [-0.4, -0.2) is 36.7 Å². The molecule has 0 fully saturated rings. The summed E-state index contributed by atoms with van der Waals surface area (Å²) in [5.74, 6) is -0.241. The number of nitrogens with zero attached hydrogens (tertiary/aromatic N) is 2. The second kappa shape index (κ2) is 19.3. The molecule has 322 valence electrons. The van der Waals surface area contributed by atoms with Gasteiger partial charge in [-0.25, -0.2) is 0 Å². The minimum atomic E-state index is -4.94. The van der Waals surface area contributed by atoms with E-state index in [-0.39, 0.29) is 57.0 Å². The standard InChI is InChI=1S/2C20H19F6NO.2ClH.Ti/c2*1-18(2,3)16-8-11(5-13(10-27-4)17(16)28)12-6-14(19(21,22)23)9-15(7-12)20(24,25)26;;;/h2*5-10,28H,1-4H3;2*1H;/q;;;;+2/p-2. The first kappa shape index (κ1) is 51.4. The van der Waals surface area contributed by atoms with Crippen LogP contribution in [0.4, 0.5) is 52.7 Å². The van der Waals surface area contributed by atoms with Gasteiger partial charge in [-0.1, -0.05) is 41.5 Å². The third kappa shape index (κ3) is 14.2. The molecule has 0 bridgehead atoms. The van der Waals surface area contributed by atoms with Gasteiger partial charge < -0.3 is 10.2 Å². The number of aliphatic imine (C=N–C) groups is 2. The van der Waals surface area contributed by atoms with E-state index >= 15 is 0 Å². The van der Waals surface area contributed by atoms with E-state index in [0.29, 0.717) is 35.4 Å². The quantitative estimate of drug-likeness (QED) is 0.122. The Labute approximate surface area is 349 Å². The predicted molar refractivity (Wildman–Crippen MR) is 203 cm³/mol. The van der Waals surface area contributed by atoms with Gasteiger partial charge in [-0.3, -0.25) is 9.98 Å². The third-order valence-electron chi connectivity index (χ3n) is 8.27.